The number of benzene rings is 2. The van der Waals surface area contributed by atoms with Gasteiger partial charge in [-0.3, -0.25) is 0 Å². The Kier molecular flexibility index (Phi) is 8.80. The van der Waals surface area contributed by atoms with E-state index in [-0.39, 0.29) is 11.4 Å². The lowest BCUT2D eigenvalue weighted by Crippen LogP contribution is -2.14. The van der Waals surface area contributed by atoms with Crippen LogP contribution in [0.3, 0.4) is 0 Å². The van der Waals surface area contributed by atoms with Crippen molar-refractivity contribution in [3.8, 4) is 0 Å². The van der Waals surface area contributed by atoms with Crippen molar-refractivity contribution in [2.45, 2.75) is 110 Å². The molecule has 34 heavy (non-hydrogen) atoms. The van der Waals surface area contributed by atoms with Crippen molar-refractivity contribution in [3.63, 3.8) is 0 Å². The number of hydrogen-bond acceptors (Lipinski definition) is 2. The first kappa shape index (κ1) is 24.9. The fraction of sp³-hybridized carbons (Fsp3) is 0.581. The average Bonchev–Trinajstić information content (AvgIpc) is 2.86. The third-order valence-electron chi connectivity index (χ3n) is 8.01. The molecule has 2 aromatic carbocycles. The van der Waals surface area contributed by atoms with E-state index in [9.17, 15) is 4.79 Å². The van der Waals surface area contributed by atoms with Crippen molar-refractivity contribution in [1.82, 2.24) is 0 Å². The minimum absolute atomic E-state index is 0.115. The minimum Gasteiger partial charge on any atom is -0.419 e. The van der Waals surface area contributed by atoms with E-state index < -0.39 is 5.63 Å². The summed E-state index contributed by atoms with van der Waals surface area (Å²) in [6.45, 7) is 4.46. The maximum atomic E-state index is 15.2. The van der Waals surface area contributed by atoms with E-state index in [4.69, 9.17) is 4.42 Å². The standard InChI is InChI=1S/C31H41FO2/c1-3-5-7-8-10-12-24-17-20-27-26-19-18-25(21-28(26)31(33)34-30(27)29(24)32)23-15-13-22(14-16-23)11-9-6-4-2/h17-23H,3-16H2,1-2H3. The van der Waals surface area contributed by atoms with E-state index in [2.05, 4.69) is 19.9 Å². The monoisotopic (exact) mass is 464 g/mol. The van der Waals surface area contributed by atoms with Crippen LogP contribution in [-0.4, -0.2) is 0 Å². The van der Waals surface area contributed by atoms with Crippen LogP contribution in [-0.2, 0) is 6.42 Å². The van der Waals surface area contributed by atoms with Gasteiger partial charge in [0, 0.05) is 10.8 Å². The predicted molar refractivity (Wildman–Crippen MR) is 141 cm³/mol. The van der Waals surface area contributed by atoms with Crippen molar-refractivity contribution in [2.24, 2.45) is 5.92 Å². The van der Waals surface area contributed by atoms with Crippen LogP contribution in [0.4, 0.5) is 4.39 Å². The van der Waals surface area contributed by atoms with Gasteiger partial charge in [0.05, 0.1) is 5.39 Å². The number of aryl methyl sites for hydroxylation is 1. The van der Waals surface area contributed by atoms with Crippen LogP contribution in [0.2, 0.25) is 0 Å². The van der Waals surface area contributed by atoms with Gasteiger partial charge in [-0.15, -0.1) is 0 Å². The molecule has 0 saturated heterocycles. The second-order valence-corrected chi connectivity index (χ2v) is 10.5. The van der Waals surface area contributed by atoms with Gasteiger partial charge in [0.1, 0.15) is 0 Å². The normalized spacial score (nSPS) is 18.7. The smallest absolute Gasteiger partial charge is 0.344 e. The van der Waals surface area contributed by atoms with Crippen molar-refractivity contribution in [3.05, 3.63) is 57.7 Å². The summed E-state index contributed by atoms with van der Waals surface area (Å²) in [5.74, 6) is 1.01. The van der Waals surface area contributed by atoms with Crippen LogP contribution < -0.4 is 5.63 Å². The Morgan fingerprint density at radius 3 is 2.29 bits per heavy atom. The molecule has 1 heterocycles. The highest BCUT2D eigenvalue weighted by atomic mass is 19.1. The molecule has 1 aliphatic rings. The molecule has 4 rings (SSSR count). The zero-order valence-corrected chi connectivity index (χ0v) is 21.1. The van der Waals surface area contributed by atoms with E-state index >= 15 is 4.39 Å². The van der Waals surface area contributed by atoms with E-state index in [0.717, 1.165) is 24.1 Å². The number of unbranched alkanes of at least 4 members (excludes halogenated alkanes) is 6. The molecule has 0 bridgehead atoms. The Hall–Kier alpha value is -2.16. The lowest BCUT2D eigenvalue weighted by molar-refractivity contribution is 0.303. The molecular formula is C31H41FO2. The molecule has 0 atom stereocenters. The third-order valence-corrected chi connectivity index (χ3v) is 8.01. The highest BCUT2D eigenvalue weighted by Gasteiger charge is 2.23. The molecule has 2 nitrogen and oxygen atoms in total. The molecule has 1 aliphatic carbocycles. The van der Waals surface area contributed by atoms with Gasteiger partial charge in [-0.1, -0.05) is 89.5 Å². The summed E-state index contributed by atoms with van der Waals surface area (Å²) in [5, 5.41) is 2.09. The number of halogens is 1. The van der Waals surface area contributed by atoms with Gasteiger partial charge in [-0.25, -0.2) is 9.18 Å². The maximum Gasteiger partial charge on any atom is 0.344 e. The average molecular weight is 465 g/mol. The molecule has 184 valence electrons. The first-order valence-corrected chi connectivity index (χ1v) is 13.8. The molecule has 0 radical (unpaired) electrons. The molecule has 3 aromatic rings. The molecule has 1 aromatic heterocycles. The van der Waals surface area contributed by atoms with Crippen LogP contribution in [0.25, 0.3) is 21.7 Å². The predicted octanol–water partition coefficient (Wildman–Crippen LogP) is 9.45. The molecule has 3 heteroatoms. The van der Waals surface area contributed by atoms with Gasteiger partial charge < -0.3 is 4.42 Å². The van der Waals surface area contributed by atoms with Gasteiger partial charge in [0.15, 0.2) is 11.4 Å². The summed E-state index contributed by atoms with van der Waals surface area (Å²) in [6, 6.07) is 10.0. The fourth-order valence-electron chi connectivity index (χ4n) is 5.86. The molecule has 1 saturated carbocycles. The summed E-state index contributed by atoms with van der Waals surface area (Å²) < 4.78 is 20.8. The SMILES string of the molecule is CCCCCCCc1ccc2c(oc(=O)c3cc(C4CCC(CCCCC)CC4)ccc32)c1F. The number of rotatable bonds is 11. The summed E-state index contributed by atoms with van der Waals surface area (Å²) in [6.07, 6.45) is 16.7. The Balaban J connectivity index is 1.51. The van der Waals surface area contributed by atoms with Gasteiger partial charge >= 0.3 is 5.63 Å². The topological polar surface area (TPSA) is 30.2 Å². The van der Waals surface area contributed by atoms with Gasteiger partial charge in [-0.05, 0) is 67.6 Å². The maximum absolute atomic E-state index is 15.2. The Labute approximate surface area is 203 Å². The van der Waals surface area contributed by atoms with Crippen molar-refractivity contribution in [2.75, 3.05) is 0 Å². The molecule has 0 spiro atoms. The lowest BCUT2D eigenvalue weighted by atomic mass is 9.77. The van der Waals surface area contributed by atoms with E-state index in [0.29, 0.717) is 28.7 Å². The Morgan fingerprint density at radius 2 is 1.53 bits per heavy atom. The van der Waals surface area contributed by atoms with E-state index in [1.807, 2.05) is 24.3 Å². The van der Waals surface area contributed by atoms with E-state index in [1.165, 1.54) is 76.2 Å². The van der Waals surface area contributed by atoms with Crippen LogP contribution in [0, 0.1) is 11.7 Å². The Morgan fingerprint density at radius 1 is 0.824 bits per heavy atom. The largest absolute Gasteiger partial charge is 0.419 e. The third kappa shape index (κ3) is 5.73. The van der Waals surface area contributed by atoms with Crippen LogP contribution in [0.1, 0.15) is 114 Å². The zero-order valence-electron chi connectivity index (χ0n) is 21.1. The second-order valence-electron chi connectivity index (χ2n) is 10.5. The first-order valence-electron chi connectivity index (χ1n) is 13.8. The molecule has 1 fully saturated rings. The fourth-order valence-corrected chi connectivity index (χ4v) is 5.86. The molecule has 0 unspecified atom stereocenters. The molecule has 0 aliphatic heterocycles. The summed E-state index contributed by atoms with van der Waals surface area (Å²) >= 11 is 0. The van der Waals surface area contributed by atoms with E-state index in [1.54, 1.807) is 0 Å². The van der Waals surface area contributed by atoms with Crippen LogP contribution >= 0.6 is 0 Å². The highest BCUT2D eigenvalue weighted by molar-refractivity contribution is 6.04. The van der Waals surface area contributed by atoms with Gasteiger partial charge in [-0.2, -0.15) is 0 Å². The highest BCUT2D eigenvalue weighted by Crippen LogP contribution is 2.39. The van der Waals surface area contributed by atoms with Crippen LogP contribution in [0.15, 0.2) is 39.5 Å². The second kappa shape index (κ2) is 12.0. The number of hydrogen-bond donors (Lipinski definition) is 0. The first-order chi connectivity index (χ1) is 16.6. The number of fused-ring (bicyclic) bond motifs is 3. The summed E-state index contributed by atoms with van der Waals surface area (Å²) in [4.78, 5) is 12.9. The minimum atomic E-state index is -0.420. The quantitative estimate of drug-likeness (QED) is 0.161. The van der Waals surface area contributed by atoms with Gasteiger partial charge in [0.25, 0.3) is 0 Å². The van der Waals surface area contributed by atoms with Crippen LogP contribution in [0.5, 0.6) is 0 Å². The van der Waals surface area contributed by atoms with Crippen molar-refractivity contribution >= 4 is 21.7 Å². The summed E-state index contributed by atoms with van der Waals surface area (Å²) in [5.41, 5.74) is 1.58. The molecular weight excluding hydrogens is 423 g/mol. The molecule has 0 N–H and O–H groups in total. The lowest BCUT2D eigenvalue weighted by Gasteiger charge is -2.29. The summed E-state index contributed by atoms with van der Waals surface area (Å²) in [7, 11) is 0. The zero-order chi connectivity index (χ0) is 23.9. The van der Waals surface area contributed by atoms with Crippen molar-refractivity contribution in [1.29, 1.82) is 0 Å². The van der Waals surface area contributed by atoms with Crippen molar-refractivity contribution < 1.29 is 8.81 Å². The van der Waals surface area contributed by atoms with Gasteiger partial charge in [0.2, 0.25) is 0 Å². The Bertz CT molecular complexity index is 1140. The molecule has 0 amide bonds.